The van der Waals surface area contributed by atoms with E-state index in [-0.39, 0.29) is 5.82 Å². The fourth-order valence-corrected chi connectivity index (χ4v) is 1.06. The zero-order chi connectivity index (χ0) is 9.14. The molecule has 0 saturated carbocycles. The van der Waals surface area contributed by atoms with Crippen LogP contribution in [0.5, 0.6) is 0 Å². The number of halogens is 1. The molecule has 0 aromatic heterocycles. The van der Waals surface area contributed by atoms with Crippen LogP contribution in [0.2, 0.25) is 0 Å². The van der Waals surface area contributed by atoms with E-state index in [1.165, 1.54) is 12.1 Å². The van der Waals surface area contributed by atoms with Crippen LogP contribution in [-0.2, 0) is 0 Å². The predicted molar refractivity (Wildman–Crippen MR) is 45.4 cm³/mol. The SMILES string of the molecule is CN(C)c1c(F)cccc1C#N. The Bertz CT molecular complexity index is 326. The number of hydrogen-bond acceptors (Lipinski definition) is 2. The molecule has 1 aromatic carbocycles. The van der Waals surface area contributed by atoms with Crippen LogP contribution in [0.15, 0.2) is 18.2 Å². The molecule has 0 N–H and O–H groups in total. The summed E-state index contributed by atoms with van der Waals surface area (Å²) in [6.07, 6.45) is 0. The molecule has 0 spiro atoms. The zero-order valence-electron chi connectivity index (χ0n) is 7.00. The van der Waals surface area contributed by atoms with Gasteiger partial charge in [0.15, 0.2) is 0 Å². The quantitative estimate of drug-likeness (QED) is 0.632. The summed E-state index contributed by atoms with van der Waals surface area (Å²) in [6.45, 7) is 0. The average Bonchev–Trinajstić information content (AvgIpc) is 2.03. The number of para-hydroxylation sites is 1. The molecule has 0 amide bonds. The van der Waals surface area contributed by atoms with Gasteiger partial charge in [-0.15, -0.1) is 0 Å². The number of rotatable bonds is 1. The molecule has 1 rings (SSSR count). The Balaban J connectivity index is 3.32. The van der Waals surface area contributed by atoms with Gasteiger partial charge in [0.2, 0.25) is 0 Å². The van der Waals surface area contributed by atoms with Crippen molar-refractivity contribution < 1.29 is 4.39 Å². The van der Waals surface area contributed by atoms with Crippen molar-refractivity contribution in [1.29, 1.82) is 5.26 Å². The first-order valence-electron chi connectivity index (χ1n) is 3.52. The van der Waals surface area contributed by atoms with Crippen molar-refractivity contribution in [1.82, 2.24) is 0 Å². The third kappa shape index (κ3) is 1.37. The van der Waals surface area contributed by atoms with Gasteiger partial charge in [0.25, 0.3) is 0 Å². The maximum atomic E-state index is 13.1. The zero-order valence-corrected chi connectivity index (χ0v) is 7.00. The van der Waals surface area contributed by atoms with E-state index < -0.39 is 0 Å². The molecule has 0 unspecified atom stereocenters. The summed E-state index contributed by atoms with van der Waals surface area (Å²) in [5.41, 5.74) is 0.708. The first kappa shape index (κ1) is 8.54. The summed E-state index contributed by atoms with van der Waals surface area (Å²) in [4.78, 5) is 1.59. The average molecular weight is 164 g/mol. The monoisotopic (exact) mass is 164 g/mol. The lowest BCUT2D eigenvalue weighted by atomic mass is 10.2. The normalized spacial score (nSPS) is 9.17. The third-order valence-corrected chi connectivity index (χ3v) is 1.55. The molecule has 0 aliphatic rings. The van der Waals surface area contributed by atoms with Crippen molar-refractivity contribution in [3.8, 4) is 6.07 Å². The first-order valence-corrected chi connectivity index (χ1v) is 3.52. The van der Waals surface area contributed by atoms with E-state index in [2.05, 4.69) is 0 Å². The number of anilines is 1. The van der Waals surface area contributed by atoms with Crippen molar-refractivity contribution in [2.45, 2.75) is 0 Å². The highest BCUT2D eigenvalue weighted by atomic mass is 19.1. The Morgan fingerprint density at radius 1 is 1.42 bits per heavy atom. The summed E-state index contributed by atoms with van der Waals surface area (Å²) in [7, 11) is 3.42. The predicted octanol–water partition coefficient (Wildman–Crippen LogP) is 1.76. The Hall–Kier alpha value is -1.56. The minimum absolute atomic E-state index is 0.347. The standard InChI is InChI=1S/C9H9FN2/c1-12(2)9-7(6-11)4-3-5-8(9)10/h3-5H,1-2H3. The van der Waals surface area contributed by atoms with Crippen LogP contribution < -0.4 is 4.90 Å². The maximum absolute atomic E-state index is 13.1. The number of nitrogens with zero attached hydrogens (tertiary/aromatic N) is 2. The van der Waals surface area contributed by atoms with Gasteiger partial charge in [-0.1, -0.05) is 6.07 Å². The van der Waals surface area contributed by atoms with Gasteiger partial charge in [-0.25, -0.2) is 4.39 Å². The fraction of sp³-hybridized carbons (Fsp3) is 0.222. The topological polar surface area (TPSA) is 27.0 Å². The molecule has 62 valence electrons. The molecular formula is C9H9FN2. The van der Waals surface area contributed by atoms with Crippen molar-refractivity contribution in [3.05, 3.63) is 29.6 Å². The first-order chi connectivity index (χ1) is 5.66. The van der Waals surface area contributed by atoms with Gasteiger partial charge in [0.1, 0.15) is 11.9 Å². The Morgan fingerprint density at radius 2 is 2.08 bits per heavy atom. The van der Waals surface area contributed by atoms with E-state index in [4.69, 9.17) is 5.26 Å². The Morgan fingerprint density at radius 3 is 2.50 bits per heavy atom. The van der Waals surface area contributed by atoms with Gasteiger partial charge in [0.05, 0.1) is 11.3 Å². The summed E-state index contributed by atoms with van der Waals surface area (Å²) >= 11 is 0. The van der Waals surface area contributed by atoms with E-state index in [0.29, 0.717) is 11.3 Å². The summed E-state index contributed by atoms with van der Waals surface area (Å²) in [5.74, 6) is -0.362. The van der Waals surface area contributed by atoms with Gasteiger partial charge >= 0.3 is 0 Å². The second kappa shape index (κ2) is 3.22. The van der Waals surface area contributed by atoms with E-state index in [0.717, 1.165) is 0 Å². The lowest BCUT2D eigenvalue weighted by molar-refractivity contribution is 0.625. The van der Waals surface area contributed by atoms with Crippen LogP contribution in [0.4, 0.5) is 10.1 Å². The van der Waals surface area contributed by atoms with Crippen LogP contribution in [0.3, 0.4) is 0 Å². The van der Waals surface area contributed by atoms with Gasteiger partial charge in [0, 0.05) is 14.1 Å². The van der Waals surface area contributed by atoms with Crippen molar-refractivity contribution >= 4 is 5.69 Å². The molecule has 0 saturated heterocycles. The van der Waals surface area contributed by atoms with E-state index in [1.54, 1.807) is 25.1 Å². The molecular weight excluding hydrogens is 155 g/mol. The molecule has 0 bridgehead atoms. The van der Waals surface area contributed by atoms with Crippen LogP contribution in [0.1, 0.15) is 5.56 Å². The molecule has 0 fully saturated rings. The molecule has 0 atom stereocenters. The summed E-state index contributed by atoms with van der Waals surface area (Å²) in [5, 5.41) is 8.65. The molecule has 0 aliphatic carbocycles. The third-order valence-electron chi connectivity index (χ3n) is 1.55. The molecule has 0 radical (unpaired) electrons. The van der Waals surface area contributed by atoms with Gasteiger partial charge < -0.3 is 4.90 Å². The minimum Gasteiger partial charge on any atom is -0.374 e. The number of hydrogen-bond donors (Lipinski definition) is 0. The van der Waals surface area contributed by atoms with E-state index in [1.807, 2.05) is 6.07 Å². The largest absolute Gasteiger partial charge is 0.374 e. The highest BCUT2D eigenvalue weighted by Gasteiger charge is 2.08. The Labute approximate surface area is 70.8 Å². The summed E-state index contributed by atoms with van der Waals surface area (Å²) < 4.78 is 13.1. The minimum atomic E-state index is -0.362. The van der Waals surface area contributed by atoms with Gasteiger partial charge in [-0.3, -0.25) is 0 Å². The highest BCUT2D eigenvalue weighted by Crippen LogP contribution is 2.21. The molecule has 2 nitrogen and oxygen atoms in total. The number of nitriles is 1. The van der Waals surface area contributed by atoms with Crippen molar-refractivity contribution in [2.75, 3.05) is 19.0 Å². The van der Waals surface area contributed by atoms with Crippen LogP contribution in [0.25, 0.3) is 0 Å². The van der Waals surface area contributed by atoms with Gasteiger partial charge in [-0.2, -0.15) is 5.26 Å². The van der Waals surface area contributed by atoms with E-state index in [9.17, 15) is 4.39 Å². The fourth-order valence-electron chi connectivity index (χ4n) is 1.06. The second-order valence-electron chi connectivity index (χ2n) is 2.64. The van der Waals surface area contributed by atoms with Gasteiger partial charge in [-0.05, 0) is 12.1 Å². The van der Waals surface area contributed by atoms with Crippen LogP contribution in [0, 0.1) is 17.1 Å². The molecule has 0 aliphatic heterocycles. The maximum Gasteiger partial charge on any atom is 0.147 e. The molecule has 0 heterocycles. The smallest absolute Gasteiger partial charge is 0.147 e. The van der Waals surface area contributed by atoms with Crippen molar-refractivity contribution in [3.63, 3.8) is 0 Å². The van der Waals surface area contributed by atoms with Crippen LogP contribution >= 0.6 is 0 Å². The second-order valence-corrected chi connectivity index (χ2v) is 2.64. The lowest BCUT2D eigenvalue weighted by Crippen LogP contribution is -2.12. The molecule has 12 heavy (non-hydrogen) atoms. The van der Waals surface area contributed by atoms with Crippen LogP contribution in [-0.4, -0.2) is 14.1 Å². The molecule has 3 heteroatoms. The lowest BCUT2D eigenvalue weighted by Gasteiger charge is -2.14. The molecule has 1 aromatic rings. The number of benzene rings is 1. The highest BCUT2D eigenvalue weighted by molar-refractivity contribution is 5.59. The Kier molecular flexibility index (Phi) is 2.29. The van der Waals surface area contributed by atoms with Crippen molar-refractivity contribution in [2.24, 2.45) is 0 Å². The summed E-state index contributed by atoms with van der Waals surface area (Å²) in [6, 6.07) is 6.40. The van der Waals surface area contributed by atoms with E-state index >= 15 is 0 Å².